The molecule has 1 aromatic heterocycles. The molecule has 7 heteroatoms. The SMILES string of the molecule is O=C(CN1C(=O)CSc2cccn2-c2ccccc21)N1CCN(c2ccccc2)CC1. The van der Waals surface area contributed by atoms with Crippen LogP contribution in [0.25, 0.3) is 5.69 Å². The molecule has 2 aliphatic heterocycles. The van der Waals surface area contributed by atoms with Crippen LogP contribution in [0.2, 0.25) is 0 Å². The summed E-state index contributed by atoms with van der Waals surface area (Å²) in [7, 11) is 0. The maximum atomic E-state index is 13.2. The van der Waals surface area contributed by atoms with Crippen molar-refractivity contribution in [3.8, 4) is 5.69 Å². The molecule has 6 nitrogen and oxygen atoms in total. The standard InChI is InChI=1S/C24H24N4O2S/c29-22(26-15-13-25(14-16-26)19-7-2-1-3-8-19)17-28-21-10-5-4-9-20(21)27-12-6-11-24(27)31-18-23(28)30/h1-12H,13-18H2. The van der Waals surface area contributed by atoms with Gasteiger partial charge >= 0.3 is 0 Å². The molecule has 2 aromatic carbocycles. The molecule has 3 heterocycles. The van der Waals surface area contributed by atoms with Gasteiger partial charge in [0.15, 0.2) is 0 Å². The van der Waals surface area contributed by atoms with E-state index in [1.54, 1.807) is 4.90 Å². The van der Waals surface area contributed by atoms with Crippen LogP contribution in [0, 0.1) is 0 Å². The van der Waals surface area contributed by atoms with Crippen LogP contribution < -0.4 is 9.80 Å². The Kier molecular flexibility index (Phi) is 5.42. The summed E-state index contributed by atoms with van der Waals surface area (Å²) < 4.78 is 2.09. The van der Waals surface area contributed by atoms with Gasteiger partial charge in [0, 0.05) is 38.1 Å². The number of anilines is 2. The molecule has 3 aromatic rings. The number of aromatic nitrogens is 1. The van der Waals surface area contributed by atoms with Crippen LogP contribution in [0.4, 0.5) is 11.4 Å². The summed E-state index contributed by atoms with van der Waals surface area (Å²) in [5.74, 6) is 0.267. The molecule has 0 aliphatic carbocycles. The minimum absolute atomic E-state index is 0.00540. The zero-order chi connectivity index (χ0) is 21.2. The molecule has 0 N–H and O–H groups in total. The second-order valence-corrected chi connectivity index (χ2v) is 8.67. The van der Waals surface area contributed by atoms with E-state index in [4.69, 9.17) is 0 Å². The van der Waals surface area contributed by atoms with E-state index in [0.717, 1.165) is 29.5 Å². The number of nitrogens with zero attached hydrogens (tertiary/aromatic N) is 4. The van der Waals surface area contributed by atoms with Crippen molar-refractivity contribution in [2.45, 2.75) is 5.03 Å². The van der Waals surface area contributed by atoms with E-state index in [0.29, 0.717) is 18.8 Å². The normalized spacial score (nSPS) is 16.4. The van der Waals surface area contributed by atoms with Crippen LogP contribution >= 0.6 is 11.8 Å². The van der Waals surface area contributed by atoms with Gasteiger partial charge in [-0.25, -0.2) is 0 Å². The Bertz CT molecular complexity index is 1090. The van der Waals surface area contributed by atoms with E-state index in [1.165, 1.54) is 17.4 Å². The quantitative estimate of drug-likeness (QED) is 0.638. The lowest BCUT2D eigenvalue weighted by Crippen LogP contribution is -2.52. The van der Waals surface area contributed by atoms with Crippen LogP contribution in [-0.2, 0) is 9.59 Å². The molecule has 2 aliphatic rings. The number of para-hydroxylation sites is 3. The first-order valence-electron chi connectivity index (χ1n) is 10.5. The largest absolute Gasteiger partial charge is 0.368 e. The first-order chi connectivity index (χ1) is 15.2. The van der Waals surface area contributed by atoms with Crippen molar-refractivity contribution in [2.24, 2.45) is 0 Å². The van der Waals surface area contributed by atoms with Crippen molar-refractivity contribution in [1.29, 1.82) is 0 Å². The third-order valence-electron chi connectivity index (χ3n) is 5.84. The number of carbonyl (C=O) groups excluding carboxylic acids is 2. The summed E-state index contributed by atoms with van der Waals surface area (Å²) in [6.07, 6.45) is 2.00. The highest BCUT2D eigenvalue weighted by Crippen LogP contribution is 2.33. The molecule has 0 bridgehead atoms. The first kappa shape index (κ1) is 19.8. The summed E-state index contributed by atoms with van der Waals surface area (Å²) in [6.45, 7) is 2.98. The van der Waals surface area contributed by atoms with Gasteiger partial charge in [0.1, 0.15) is 6.54 Å². The molecule has 0 radical (unpaired) electrons. The van der Waals surface area contributed by atoms with Gasteiger partial charge in [0.2, 0.25) is 11.8 Å². The molecule has 31 heavy (non-hydrogen) atoms. The van der Waals surface area contributed by atoms with Gasteiger partial charge in [-0.05, 0) is 36.4 Å². The molecule has 158 valence electrons. The Morgan fingerprint density at radius 2 is 1.55 bits per heavy atom. The van der Waals surface area contributed by atoms with Crippen LogP contribution in [0.5, 0.6) is 0 Å². The van der Waals surface area contributed by atoms with Crippen molar-refractivity contribution in [3.05, 3.63) is 72.9 Å². The highest BCUT2D eigenvalue weighted by Gasteiger charge is 2.28. The monoisotopic (exact) mass is 432 g/mol. The number of hydrogen-bond acceptors (Lipinski definition) is 4. The molecule has 1 fully saturated rings. The van der Waals surface area contributed by atoms with E-state index in [9.17, 15) is 9.59 Å². The zero-order valence-electron chi connectivity index (χ0n) is 17.2. The Labute approximate surface area is 186 Å². The Morgan fingerprint density at radius 1 is 0.839 bits per heavy atom. The van der Waals surface area contributed by atoms with Crippen molar-refractivity contribution in [1.82, 2.24) is 9.47 Å². The smallest absolute Gasteiger partial charge is 0.242 e. The fraction of sp³-hybridized carbons (Fsp3) is 0.250. The molecule has 5 rings (SSSR count). The van der Waals surface area contributed by atoms with Gasteiger partial charge in [0.05, 0.1) is 22.2 Å². The number of rotatable bonds is 3. The fourth-order valence-corrected chi connectivity index (χ4v) is 5.09. The van der Waals surface area contributed by atoms with E-state index >= 15 is 0 Å². The third-order valence-corrected chi connectivity index (χ3v) is 6.85. The number of carbonyl (C=O) groups is 2. The van der Waals surface area contributed by atoms with Crippen LogP contribution in [0.3, 0.4) is 0 Å². The molecular weight excluding hydrogens is 408 g/mol. The zero-order valence-corrected chi connectivity index (χ0v) is 18.0. The number of benzene rings is 2. The fourth-order valence-electron chi connectivity index (χ4n) is 4.19. The summed E-state index contributed by atoms with van der Waals surface area (Å²) in [6, 6.07) is 22.1. The van der Waals surface area contributed by atoms with E-state index in [1.807, 2.05) is 65.7 Å². The average Bonchev–Trinajstić information content (AvgIpc) is 3.29. The lowest BCUT2D eigenvalue weighted by molar-refractivity contribution is -0.131. The predicted octanol–water partition coefficient (Wildman–Crippen LogP) is 3.26. The molecule has 0 unspecified atom stereocenters. The van der Waals surface area contributed by atoms with Gasteiger partial charge < -0.3 is 19.3 Å². The van der Waals surface area contributed by atoms with E-state index in [-0.39, 0.29) is 18.4 Å². The Morgan fingerprint density at radius 3 is 2.32 bits per heavy atom. The summed E-state index contributed by atoms with van der Waals surface area (Å²) >= 11 is 1.51. The topological polar surface area (TPSA) is 48.8 Å². The van der Waals surface area contributed by atoms with Crippen molar-refractivity contribution >= 4 is 35.0 Å². The number of thioether (sulfide) groups is 1. The predicted molar refractivity (Wildman–Crippen MR) is 124 cm³/mol. The van der Waals surface area contributed by atoms with Crippen molar-refractivity contribution in [3.63, 3.8) is 0 Å². The van der Waals surface area contributed by atoms with Gasteiger partial charge in [0.25, 0.3) is 0 Å². The minimum atomic E-state index is -0.0406. The number of hydrogen-bond donors (Lipinski definition) is 0. The highest BCUT2D eigenvalue weighted by atomic mass is 32.2. The summed E-state index contributed by atoms with van der Waals surface area (Å²) in [5, 5.41) is 1.03. The van der Waals surface area contributed by atoms with Gasteiger partial charge in [-0.2, -0.15) is 0 Å². The number of piperazine rings is 1. The lowest BCUT2D eigenvalue weighted by atomic mass is 10.2. The summed E-state index contributed by atoms with van der Waals surface area (Å²) in [4.78, 5) is 32.0. The Hall–Kier alpha value is -3.19. The molecule has 0 atom stereocenters. The molecule has 0 spiro atoms. The first-order valence-corrected chi connectivity index (χ1v) is 11.5. The van der Waals surface area contributed by atoms with Crippen LogP contribution in [-0.4, -0.2) is 59.8 Å². The lowest BCUT2D eigenvalue weighted by Gasteiger charge is -2.37. The summed E-state index contributed by atoms with van der Waals surface area (Å²) in [5.41, 5.74) is 2.88. The molecule has 0 saturated carbocycles. The second kappa shape index (κ2) is 8.51. The Balaban J connectivity index is 1.33. The number of fused-ring (bicyclic) bond motifs is 3. The highest BCUT2D eigenvalue weighted by molar-refractivity contribution is 7.99. The number of amides is 2. The van der Waals surface area contributed by atoms with Gasteiger partial charge in [-0.1, -0.05) is 42.1 Å². The van der Waals surface area contributed by atoms with Crippen molar-refractivity contribution in [2.75, 3.05) is 48.3 Å². The van der Waals surface area contributed by atoms with Gasteiger partial charge in [-0.15, -0.1) is 0 Å². The maximum absolute atomic E-state index is 13.2. The van der Waals surface area contributed by atoms with Gasteiger partial charge in [-0.3, -0.25) is 9.59 Å². The minimum Gasteiger partial charge on any atom is -0.368 e. The third kappa shape index (κ3) is 3.93. The van der Waals surface area contributed by atoms with Crippen LogP contribution in [0.15, 0.2) is 78.0 Å². The van der Waals surface area contributed by atoms with Crippen LogP contribution in [0.1, 0.15) is 0 Å². The maximum Gasteiger partial charge on any atom is 0.242 e. The van der Waals surface area contributed by atoms with Crippen molar-refractivity contribution < 1.29 is 9.59 Å². The van der Waals surface area contributed by atoms with E-state index in [2.05, 4.69) is 21.6 Å². The average molecular weight is 433 g/mol. The van der Waals surface area contributed by atoms with E-state index < -0.39 is 0 Å². The molecule has 2 amide bonds. The molecular formula is C24H24N4O2S. The second-order valence-electron chi connectivity index (χ2n) is 7.68. The molecule has 1 saturated heterocycles.